The highest BCUT2D eigenvalue weighted by molar-refractivity contribution is 5.81. The first-order valence-corrected chi connectivity index (χ1v) is 5.40. The number of hydrogen-bond donors (Lipinski definition) is 0. The van der Waals surface area contributed by atoms with Crippen LogP contribution in [0.15, 0.2) is 30.5 Å². The smallest absolute Gasteiger partial charge is 0.119 e. The van der Waals surface area contributed by atoms with E-state index < -0.39 is 0 Å². The number of methoxy groups -OCH3 is 2. The molecule has 1 unspecified atom stereocenters. The molecule has 0 N–H and O–H groups in total. The van der Waals surface area contributed by atoms with Crippen LogP contribution in [0.5, 0.6) is 5.75 Å². The summed E-state index contributed by atoms with van der Waals surface area (Å²) in [5.74, 6) is 0.894. The highest BCUT2D eigenvalue weighted by Crippen LogP contribution is 2.22. The van der Waals surface area contributed by atoms with Crippen LogP contribution in [-0.4, -0.2) is 24.9 Å². The molecule has 86 valence electrons. The number of nitrogens with zero attached hydrogens (tertiary/aromatic N) is 1. The Kier molecular flexibility index (Phi) is 3.15. The predicted molar refractivity (Wildman–Crippen MR) is 65.0 cm³/mol. The highest BCUT2D eigenvalue weighted by Gasteiger charge is 2.05. The lowest BCUT2D eigenvalue weighted by Crippen LogP contribution is -2.13. The topological polar surface area (TPSA) is 23.4 Å². The third-order valence-corrected chi connectivity index (χ3v) is 2.83. The van der Waals surface area contributed by atoms with E-state index in [-0.39, 0.29) is 6.10 Å². The molecule has 2 aromatic rings. The molecule has 0 aliphatic heterocycles. The number of hydrogen-bond acceptors (Lipinski definition) is 2. The van der Waals surface area contributed by atoms with E-state index in [1.165, 1.54) is 10.9 Å². The van der Waals surface area contributed by atoms with Crippen LogP contribution in [-0.2, 0) is 11.3 Å². The van der Waals surface area contributed by atoms with Crippen molar-refractivity contribution in [3.8, 4) is 5.75 Å². The van der Waals surface area contributed by atoms with Gasteiger partial charge in [-0.15, -0.1) is 0 Å². The third kappa shape index (κ3) is 2.04. The Labute approximate surface area is 95.6 Å². The summed E-state index contributed by atoms with van der Waals surface area (Å²) in [5.41, 5.74) is 1.21. The van der Waals surface area contributed by atoms with E-state index in [1.807, 2.05) is 12.1 Å². The Morgan fingerprint density at radius 1 is 1.25 bits per heavy atom. The first kappa shape index (κ1) is 11.0. The molecule has 0 aliphatic carbocycles. The molecule has 1 heterocycles. The van der Waals surface area contributed by atoms with E-state index >= 15 is 0 Å². The summed E-state index contributed by atoms with van der Waals surface area (Å²) in [5, 5.41) is 1.20. The van der Waals surface area contributed by atoms with Gasteiger partial charge >= 0.3 is 0 Å². The van der Waals surface area contributed by atoms with E-state index in [9.17, 15) is 0 Å². The maximum Gasteiger partial charge on any atom is 0.119 e. The van der Waals surface area contributed by atoms with Gasteiger partial charge in [-0.1, -0.05) is 0 Å². The molecule has 0 radical (unpaired) electrons. The van der Waals surface area contributed by atoms with Gasteiger partial charge in [0.05, 0.1) is 13.2 Å². The van der Waals surface area contributed by atoms with Gasteiger partial charge in [-0.2, -0.15) is 0 Å². The Balaban J connectivity index is 2.34. The molecule has 0 bridgehead atoms. The number of ether oxygens (including phenoxy) is 2. The Morgan fingerprint density at radius 2 is 2.06 bits per heavy atom. The van der Waals surface area contributed by atoms with Gasteiger partial charge < -0.3 is 14.0 Å². The van der Waals surface area contributed by atoms with Crippen LogP contribution < -0.4 is 4.74 Å². The van der Waals surface area contributed by atoms with Gasteiger partial charge in [-0.25, -0.2) is 0 Å². The average molecular weight is 219 g/mol. The number of rotatable bonds is 4. The first-order valence-electron chi connectivity index (χ1n) is 5.40. The van der Waals surface area contributed by atoms with Crippen molar-refractivity contribution in [1.29, 1.82) is 0 Å². The monoisotopic (exact) mass is 219 g/mol. The summed E-state index contributed by atoms with van der Waals surface area (Å²) < 4.78 is 12.7. The zero-order chi connectivity index (χ0) is 11.5. The molecule has 16 heavy (non-hydrogen) atoms. The van der Waals surface area contributed by atoms with Crippen molar-refractivity contribution >= 4 is 10.9 Å². The van der Waals surface area contributed by atoms with Crippen molar-refractivity contribution in [2.45, 2.75) is 19.6 Å². The maximum absolute atomic E-state index is 5.27. The minimum Gasteiger partial charge on any atom is -0.497 e. The Bertz CT molecular complexity index is 476. The largest absolute Gasteiger partial charge is 0.497 e. The van der Waals surface area contributed by atoms with Crippen LogP contribution >= 0.6 is 0 Å². The van der Waals surface area contributed by atoms with E-state index in [1.54, 1.807) is 14.2 Å². The second-order valence-electron chi connectivity index (χ2n) is 3.94. The SMILES string of the molecule is COc1ccc2c(ccn2CC(C)OC)c1. The molecular formula is C13H17NO2. The van der Waals surface area contributed by atoms with Crippen LogP contribution in [0.4, 0.5) is 0 Å². The normalized spacial score (nSPS) is 12.9. The van der Waals surface area contributed by atoms with Gasteiger partial charge in [0.25, 0.3) is 0 Å². The van der Waals surface area contributed by atoms with Crippen molar-refractivity contribution in [3.05, 3.63) is 30.5 Å². The van der Waals surface area contributed by atoms with Crippen LogP contribution in [0.3, 0.4) is 0 Å². The molecular weight excluding hydrogens is 202 g/mol. The van der Waals surface area contributed by atoms with Crippen molar-refractivity contribution in [2.75, 3.05) is 14.2 Å². The van der Waals surface area contributed by atoms with Gasteiger partial charge in [0.1, 0.15) is 5.75 Å². The quantitative estimate of drug-likeness (QED) is 0.789. The minimum absolute atomic E-state index is 0.220. The molecule has 0 amide bonds. The fourth-order valence-electron chi connectivity index (χ4n) is 1.82. The van der Waals surface area contributed by atoms with E-state index in [2.05, 4.69) is 29.8 Å². The summed E-state index contributed by atoms with van der Waals surface area (Å²) in [4.78, 5) is 0. The Hall–Kier alpha value is -1.48. The summed E-state index contributed by atoms with van der Waals surface area (Å²) in [6.07, 6.45) is 2.30. The maximum atomic E-state index is 5.27. The zero-order valence-corrected chi connectivity index (χ0v) is 9.93. The lowest BCUT2D eigenvalue weighted by Gasteiger charge is -2.11. The summed E-state index contributed by atoms with van der Waals surface area (Å²) in [6, 6.07) is 8.20. The van der Waals surface area contributed by atoms with Gasteiger partial charge in [0.2, 0.25) is 0 Å². The second-order valence-corrected chi connectivity index (χ2v) is 3.94. The van der Waals surface area contributed by atoms with E-state index in [0.29, 0.717) is 0 Å². The molecule has 0 aliphatic rings. The van der Waals surface area contributed by atoms with Crippen molar-refractivity contribution < 1.29 is 9.47 Å². The first-order chi connectivity index (χ1) is 7.74. The highest BCUT2D eigenvalue weighted by atomic mass is 16.5. The minimum atomic E-state index is 0.220. The summed E-state index contributed by atoms with van der Waals surface area (Å²) in [6.45, 7) is 2.93. The van der Waals surface area contributed by atoms with Gasteiger partial charge in [-0.05, 0) is 31.2 Å². The zero-order valence-electron chi connectivity index (χ0n) is 9.93. The summed E-state index contributed by atoms with van der Waals surface area (Å²) in [7, 11) is 3.42. The molecule has 1 aromatic carbocycles. The van der Waals surface area contributed by atoms with E-state index in [0.717, 1.165) is 12.3 Å². The molecule has 0 saturated carbocycles. The molecule has 3 heteroatoms. The lowest BCUT2D eigenvalue weighted by atomic mass is 10.2. The van der Waals surface area contributed by atoms with Gasteiger partial charge in [0.15, 0.2) is 0 Å². The predicted octanol–water partition coefficient (Wildman–Crippen LogP) is 2.68. The lowest BCUT2D eigenvalue weighted by molar-refractivity contribution is 0.104. The standard InChI is InChI=1S/C13H17NO2/c1-10(15-2)9-14-7-6-11-8-12(16-3)4-5-13(11)14/h4-8,10H,9H2,1-3H3. The van der Waals surface area contributed by atoms with Crippen LogP contribution in [0.25, 0.3) is 10.9 Å². The van der Waals surface area contributed by atoms with Gasteiger partial charge in [0, 0.05) is 30.8 Å². The molecule has 0 spiro atoms. The van der Waals surface area contributed by atoms with Crippen LogP contribution in [0, 0.1) is 0 Å². The number of fused-ring (bicyclic) bond motifs is 1. The number of benzene rings is 1. The Morgan fingerprint density at radius 3 is 2.75 bits per heavy atom. The molecule has 1 atom stereocenters. The van der Waals surface area contributed by atoms with E-state index in [4.69, 9.17) is 9.47 Å². The second kappa shape index (κ2) is 4.58. The van der Waals surface area contributed by atoms with Crippen molar-refractivity contribution in [3.63, 3.8) is 0 Å². The average Bonchev–Trinajstić information content (AvgIpc) is 2.71. The summed E-state index contributed by atoms with van der Waals surface area (Å²) >= 11 is 0. The molecule has 0 fully saturated rings. The molecule has 0 saturated heterocycles. The number of aromatic nitrogens is 1. The van der Waals surface area contributed by atoms with Crippen LogP contribution in [0.2, 0.25) is 0 Å². The van der Waals surface area contributed by atoms with Gasteiger partial charge in [-0.3, -0.25) is 0 Å². The molecule has 1 aromatic heterocycles. The third-order valence-electron chi connectivity index (χ3n) is 2.83. The van der Waals surface area contributed by atoms with Crippen molar-refractivity contribution in [2.24, 2.45) is 0 Å². The molecule has 2 rings (SSSR count). The van der Waals surface area contributed by atoms with Crippen LogP contribution in [0.1, 0.15) is 6.92 Å². The van der Waals surface area contributed by atoms with Crippen molar-refractivity contribution in [1.82, 2.24) is 4.57 Å². The fraction of sp³-hybridized carbons (Fsp3) is 0.385. The fourth-order valence-corrected chi connectivity index (χ4v) is 1.82. The molecule has 3 nitrogen and oxygen atoms in total.